The first kappa shape index (κ1) is 11.9. The van der Waals surface area contributed by atoms with Crippen molar-refractivity contribution in [3.63, 3.8) is 0 Å². The minimum absolute atomic E-state index is 0.132. The van der Waals surface area contributed by atoms with E-state index in [4.69, 9.17) is 0 Å². The van der Waals surface area contributed by atoms with Gasteiger partial charge in [-0.25, -0.2) is 0 Å². The molecule has 0 aliphatic heterocycles. The summed E-state index contributed by atoms with van der Waals surface area (Å²) in [6, 6.07) is 10.6. The van der Waals surface area contributed by atoms with E-state index >= 15 is 0 Å². The first-order chi connectivity index (χ1) is 8.58. The van der Waals surface area contributed by atoms with Gasteiger partial charge < -0.3 is 15.0 Å². The van der Waals surface area contributed by atoms with E-state index in [0.29, 0.717) is 5.69 Å². The molecule has 92 valence electrons. The van der Waals surface area contributed by atoms with Gasteiger partial charge in [0.2, 0.25) is 5.56 Å². The lowest BCUT2D eigenvalue weighted by atomic mass is 10.2. The SMILES string of the molecule is CN(C(=O)c1cccc(=O)[nH]1)c1ccc(O)cc1. The molecular formula is C13H12N2O3. The molecule has 18 heavy (non-hydrogen) atoms. The van der Waals surface area contributed by atoms with Crippen molar-refractivity contribution in [3.8, 4) is 5.75 Å². The molecule has 5 heteroatoms. The fourth-order valence-electron chi connectivity index (χ4n) is 1.55. The molecule has 0 saturated heterocycles. The van der Waals surface area contributed by atoms with Gasteiger partial charge in [-0.05, 0) is 30.3 Å². The van der Waals surface area contributed by atoms with Crippen LogP contribution >= 0.6 is 0 Å². The first-order valence-corrected chi connectivity index (χ1v) is 5.34. The van der Waals surface area contributed by atoms with Gasteiger partial charge in [0.15, 0.2) is 0 Å². The first-order valence-electron chi connectivity index (χ1n) is 5.34. The van der Waals surface area contributed by atoms with E-state index in [1.54, 1.807) is 25.2 Å². The Morgan fingerprint density at radius 2 is 1.83 bits per heavy atom. The monoisotopic (exact) mass is 244 g/mol. The van der Waals surface area contributed by atoms with E-state index in [1.807, 2.05) is 0 Å². The fourth-order valence-corrected chi connectivity index (χ4v) is 1.55. The van der Waals surface area contributed by atoms with Crippen LogP contribution in [0.2, 0.25) is 0 Å². The van der Waals surface area contributed by atoms with Crippen molar-refractivity contribution in [1.82, 2.24) is 4.98 Å². The molecule has 5 nitrogen and oxygen atoms in total. The molecule has 0 unspecified atom stereocenters. The number of carbonyl (C=O) groups is 1. The second-order valence-electron chi connectivity index (χ2n) is 3.81. The molecule has 0 spiro atoms. The zero-order chi connectivity index (χ0) is 13.1. The molecule has 2 N–H and O–H groups in total. The molecular weight excluding hydrogens is 232 g/mol. The number of nitrogens with zero attached hydrogens (tertiary/aromatic N) is 1. The molecule has 0 radical (unpaired) electrons. The van der Waals surface area contributed by atoms with E-state index < -0.39 is 0 Å². The number of hydrogen-bond acceptors (Lipinski definition) is 3. The third-order valence-electron chi connectivity index (χ3n) is 2.54. The van der Waals surface area contributed by atoms with E-state index in [1.165, 1.54) is 29.2 Å². The lowest BCUT2D eigenvalue weighted by Gasteiger charge is -2.17. The van der Waals surface area contributed by atoms with Crippen molar-refractivity contribution in [2.75, 3.05) is 11.9 Å². The molecule has 0 atom stereocenters. The Morgan fingerprint density at radius 1 is 1.17 bits per heavy atom. The highest BCUT2D eigenvalue weighted by Crippen LogP contribution is 2.18. The molecule has 0 aliphatic rings. The summed E-state index contributed by atoms with van der Waals surface area (Å²) in [5, 5.41) is 9.18. The van der Waals surface area contributed by atoms with Gasteiger partial charge in [-0.2, -0.15) is 0 Å². The summed E-state index contributed by atoms with van der Waals surface area (Å²) in [6.07, 6.45) is 0. The topological polar surface area (TPSA) is 73.4 Å². The number of phenols is 1. The van der Waals surface area contributed by atoms with Crippen LogP contribution in [0.4, 0.5) is 5.69 Å². The third kappa shape index (κ3) is 2.40. The molecule has 1 aromatic carbocycles. The largest absolute Gasteiger partial charge is 0.508 e. The molecule has 1 aromatic heterocycles. The standard InChI is InChI=1S/C13H12N2O3/c1-15(9-5-7-10(16)8-6-9)13(18)11-3-2-4-12(17)14-11/h2-8,16H,1H3,(H,14,17). The molecule has 1 amide bonds. The number of aromatic nitrogens is 1. The maximum Gasteiger partial charge on any atom is 0.274 e. The summed E-state index contributed by atoms with van der Waals surface area (Å²) in [4.78, 5) is 27.1. The van der Waals surface area contributed by atoms with Crippen LogP contribution in [0.15, 0.2) is 47.3 Å². The van der Waals surface area contributed by atoms with Gasteiger partial charge in [-0.1, -0.05) is 6.07 Å². The Balaban J connectivity index is 2.29. The predicted octanol–water partition coefficient (Wildman–Crippen LogP) is 1.36. The van der Waals surface area contributed by atoms with E-state index in [9.17, 15) is 14.7 Å². The smallest absolute Gasteiger partial charge is 0.274 e. The number of phenolic OH excluding ortho intramolecular Hbond substituents is 1. The number of amides is 1. The highest BCUT2D eigenvalue weighted by atomic mass is 16.3. The summed E-state index contributed by atoms with van der Waals surface area (Å²) in [6.45, 7) is 0. The van der Waals surface area contributed by atoms with Gasteiger partial charge in [0.1, 0.15) is 11.4 Å². The van der Waals surface area contributed by atoms with Crippen molar-refractivity contribution in [2.24, 2.45) is 0 Å². The Morgan fingerprint density at radius 3 is 2.44 bits per heavy atom. The van der Waals surface area contributed by atoms with Gasteiger partial charge in [-0.3, -0.25) is 9.59 Å². The number of pyridine rings is 1. The molecule has 1 heterocycles. The lowest BCUT2D eigenvalue weighted by molar-refractivity contribution is 0.0988. The number of aromatic amines is 1. The number of rotatable bonds is 2. The van der Waals surface area contributed by atoms with Gasteiger partial charge in [0, 0.05) is 18.8 Å². The van der Waals surface area contributed by atoms with Crippen LogP contribution in [-0.4, -0.2) is 23.0 Å². The molecule has 2 rings (SSSR count). The van der Waals surface area contributed by atoms with Crippen molar-refractivity contribution in [3.05, 3.63) is 58.5 Å². The molecule has 0 aliphatic carbocycles. The number of carbonyl (C=O) groups excluding carboxylic acids is 1. The Labute approximate surface area is 103 Å². The van der Waals surface area contributed by atoms with Gasteiger partial charge in [0.25, 0.3) is 5.91 Å². The van der Waals surface area contributed by atoms with Crippen LogP contribution in [-0.2, 0) is 0 Å². The van der Waals surface area contributed by atoms with Crippen molar-refractivity contribution in [1.29, 1.82) is 0 Å². The summed E-state index contributed by atoms with van der Waals surface area (Å²) < 4.78 is 0. The van der Waals surface area contributed by atoms with Crippen LogP contribution in [0, 0.1) is 0 Å². The number of benzene rings is 1. The minimum atomic E-state index is -0.321. The quantitative estimate of drug-likeness (QED) is 0.837. The van der Waals surface area contributed by atoms with Crippen molar-refractivity contribution >= 4 is 11.6 Å². The second kappa shape index (κ2) is 4.75. The summed E-state index contributed by atoms with van der Waals surface area (Å²) in [7, 11) is 1.60. The second-order valence-corrected chi connectivity index (χ2v) is 3.81. The highest BCUT2D eigenvalue weighted by Gasteiger charge is 2.13. The zero-order valence-electron chi connectivity index (χ0n) is 9.75. The van der Waals surface area contributed by atoms with Crippen LogP contribution in [0.25, 0.3) is 0 Å². The van der Waals surface area contributed by atoms with Gasteiger partial charge in [-0.15, -0.1) is 0 Å². The fraction of sp³-hybridized carbons (Fsp3) is 0.0769. The van der Waals surface area contributed by atoms with Crippen LogP contribution in [0.3, 0.4) is 0 Å². The Kier molecular flexibility index (Phi) is 3.14. The van der Waals surface area contributed by atoms with Crippen LogP contribution in [0.1, 0.15) is 10.5 Å². The van der Waals surface area contributed by atoms with Crippen LogP contribution in [0.5, 0.6) is 5.75 Å². The number of aromatic hydroxyl groups is 1. The third-order valence-corrected chi connectivity index (χ3v) is 2.54. The Bertz CT molecular complexity index is 617. The van der Waals surface area contributed by atoms with E-state index in [2.05, 4.69) is 4.98 Å². The molecule has 0 bridgehead atoms. The van der Waals surface area contributed by atoms with Crippen molar-refractivity contribution < 1.29 is 9.90 Å². The maximum atomic E-state index is 12.1. The molecule has 2 aromatic rings. The molecule has 0 fully saturated rings. The number of H-pyrrole nitrogens is 1. The van der Waals surface area contributed by atoms with Gasteiger partial charge in [0.05, 0.1) is 0 Å². The summed E-state index contributed by atoms with van der Waals surface area (Å²) >= 11 is 0. The maximum absolute atomic E-state index is 12.1. The average molecular weight is 244 g/mol. The normalized spacial score (nSPS) is 10.1. The van der Waals surface area contributed by atoms with Gasteiger partial charge >= 0.3 is 0 Å². The van der Waals surface area contributed by atoms with E-state index in [-0.39, 0.29) is 22.9 Å². The number of nitrogens with one attached hydrogen (secondary N) is 1. The molecule has 0 saturated carbocycles. The lowest BCUT2D eigenvalue weighted by Crippen LogP contribution is -2.28. The Hall–Kier alpha value is -2.56. The van der Waals surface area contributed by atoms with Crippen molar-refractivity contribution in [2.45, 2.75) is 0 Å². The van der Waals surface area contributed by atoms with Crippen LogP contribution < -0.4 is 10.5 Å². The summed E-state index contributed by atoms with van der Waals surface area (Å²) in [5.41, 5.74) is 0.528. The van der Waals surface area contributed by atoms with E-state index in [0.717, 1.165) is 0 Å². The predicted molar refractivity (Wildman–Crippen MR) is 67.9 cm³/mol. The number of anilines is 1. The minimum Gasteiger partial charge on any atom is -0.508 e. The average Bonchev–Trinajstić information content (AvgIpc) is 2.38. The number of hydrogen-bond donors (Lipinski definition) is 2. The zero-order valence-corrected chi connectivity index (χ0v) is 9.75. The highest BCUT2D eigenvalue weighted by molar-refractivity contribution is 6.04. The summed E-state index contributed by atoms with van der Waals surface area (Å²) in [5.74, 6) is -0.189.